The molecule has 0 amide bonds. The van der Waals surface area contributed by atoms with Crippen molar-refractivity contribution in [3.8, 4) is 11.5 Å². The molecular formula is C22H26O4. The lowest BCUT2D eigenvalue weighted by molar-refractivity contribution is 0.0577. The van der Waals surface area contributed by atoms with Crippen LogP contribution < -0.4 is 9.47 Å². The number of benzene rings is 2. The Bertz CT molecular complexity index is 822. The van der Waals surface area contributed by atoms with E-state index in [-0.39, 0.29) is 11.6 Å². The second-order valence-corrected chi connectivity index (χ2v) is 7.39. The minimum absolute atomic E-state index is 0.246. The summed E-state index contributed by atoms with van der Waals surface area (Å²) in [6, 6.07) is 9.92. The molecule has 0 N–H and O–H groups in total. The molecule has 26 heavy (non-hydrogen) atoms. The van der Waals surface area contributed by atoms with E-state index in [0.717, 1.165) is 40.8 Å². The molecule has 0 spiro atoms. The van der Waals surface area contributed by atoms with Gasteiger partial charge in [-0.1, -0.05) is 30.3 Å². The highest BCUT2D eigenvalue weighted by Crippen LogP contribution is 2.44. The highest BCUT2D eigenvalue weighted by molar-refractivity contribution is 5.96. The standard InChI is InChI=1S/C22H26O4/c1-14-15(2)20(25-13-16-9-7-6-8-10-16)18(21(23)24-5)17-11-12-22(3,4)26-19(14)17/h6-10H,11-13H2,1-5H3. The highest BCUT2D eigenvalue weighted by atomic mass is 16.5. The van der Waals surface area contributed by atoms with E-state index in [0.29, 0.717) is 17.9 Å². The number of rotatable bonds is 4. The molecular weight excluding hydrogens is 328 g/mol. The Hall–Kier alpha value is -2.49. The lowest BCUT2D eigenvalue weighted by Crippen LogP contribution is -2.34. The van der Waals surface area contributed by atoms with Crippen LogP contribution in [0.5, 0.6) is 11.5 Å². The van der Waals surface area contributed by atoms with Crippen LogP contribution in [0.25, 0.3) is 0 Å². The second kappa shape index (κ2) is 7.02. The molecule has 138 valence electrons. The lowest BCUT2D eigenvalue weighted by Gasteiger charge is -2.35. The molecule has 0 radical (unpaired) electrons. The Balaban J connectivity index is 2.08. The number of carbonyl (C=O) groups excluding carboxylic acids is 1. The van der Waals surface area contributed by atoms with Crippen LogP contribution in [0.3, 0.4) is 0 Å². The molecule has 3 rings (SSSR count). The van der Waals surface area contributed by atoms with Crippen molar-refractivity contribution >= 4 is 5.97 Å². The summed E-state index contributed by atoms with van der Waals surface area (Å²) >= 11 is 0. The first kappa shape index (κ1) is 18.3. The summed E-state index contributed by atoms with van der Waals surface area (Å²) in [7, 11) is 1.40. The summed E-state index contributed by atoms with van der Waals surface area (Å²) in [6.07, 6.45) is 1.60. The maximum Gasteiger partial charge on any atom is 0.342 e. The van der Waals surface area contributed by atoms with Gasteiger partial charge in [0.25, 0.3) is 0 Å². The van der Waals surface area contributed by atoms with E-state index < -0.39 is 0 Å². The lowest BCUT2D eigenvalue weighted by atomic mass is 9.87. The van der Waals surface area contributed by atoms with Crippen LogP contribution in [0.2, 0.25) is 0 Å². The van der Waals surface area contributed by atoms with E-state index in [4.69, 9.17) is 14.2 Å². The molecule has 1 heterocycles. The maximum atomic E-state index is 12.6. The van der Waals surface area contributed by atoms with Crippen LogP contribution in [0.15, 0.2) is 30.3 Å². The van der Waals surface area contributed by atoms with Crippen LogP contribution in [0.1, 0.15) is 52.9 Å². The Morgan fingerprint density at radius 1 is 1.15 bits per heavy atom. The zero-order valence-electron chi connectivity index (χ0n) is 16.1. The van der Waals surface area contributed by atoms with E-state index in [1.807, 2.05) is 44.2 Å². The van der Waals surface area contributed by atoms with Gasteiger partial charge in [0.05, 0.1) is 7.11 Å². The number of ether oxygens (including phenoxy) is 3. The third kappa shape index (κ3) is 3.41. The zero-order valence-corrected chi connectivity index (χ0v) is 16.1. The monoisotopic (exact) mass is 354 g/mol. The van der Waals surface area contributed by atoms with Gasteiger partial charge < -0.3 is 14.2 Å². The summed E-state index contributed by atoms with van der Waals surface area (Å²) in [5.41, 5.74) is 4.13. The van der Waals surface area contributed by atoms with Crippen molar-refractivity contribution in [3.05, 3.63) is 58.1 Å². The fourth-order valence-corrected chi connectivity index (χ4v) is 3.36. The minimum atomic E-state index is -0.379. The molecule has 1 aliphatic heterocycles. The quantitative estimate of drug-likeness (QED) is 0.742. The number of hydrogen-bond donors (Lipinski definition) is 0. The predicted molar refractivity (Wildman–Crippen MR) is 101 cm³/mol. The zero-order chi connectivity index (χ0) is 18.9. The number of methoxy groups -OCH3 is 1. The van der Waals surface area contributed by atoms with Gasteiger partial charge in [-0.3, -0.25) is 0 Å². The number of esters is 1. The third-order valence-corrected chi connectivity index (χ3v) is 5.02. The molecule has 0 aromatic heterocycles. The van der Waals surface area contributed by atoms with E-state index in [1.165, 1.54) is 7.11 Å². The summed E-state index contributed by atoms with van der Waals surface area (Å²) < 4.78 is 17.4. The highest BCUT2D eigenvalue weighted by Gasteiger charge is 2.34. The Morgan fingerprint density at radius 3 is 2.50 bits per heavy atom. The SMILES string of the molecule is COC(=O)c1c2c(c(C)c(C)c1OCc1ccccc1)OC(C)(C)CC2. The molecule has 2 aromatic carbocycles. The Kier molecular flexibility index (Phi) is 4.94. The molecule has 4 nitrogen and oxygen atoms in total. The fraction of sp³-hybridized carbons (Fsp3) is 0.409. The van der Waals surface area contributed by atoms with Crippen molar-refractivity contribution in [2.24, 2.45) is 0 Å². The van der Waals surface area contributed by atoms with Gasteiger partial charge in [0.2, 0.25) is 0 Å². The third-order valence-electron chi connectivity index (χ3n) is 5.02. The first-order valence-corrected chi connectivity index (χ1v) is 8.94. The second-order valence-electron chi connectivity index (χ2n) is 7.39. The van der Waals surface area contributed by atoms with Crippen molar-refractivity contribution in [2.45, 2.75) is 52.7 Å². The molecule has 4 heteroatoms. The summed E-state index contributed by atoms with van der Waals surface area (Å²) in [5.74, 6) is 1.02. The molecule has 0 bridgehead atoms. The van der Waals surface area contributed by atoms with E-state index in [9.17, 15) is 4.79 Å². The number of carbonyl (C=O) groups is 1. The van der Waals surface area contributed by atoms with Gasteiger partial charge in [0, 0.05) is 5.56 Å². The van der Waals surface area contributed by atoms with Crippen LogP contribution in [0.4, 0.5) is 0 Å². The summed E-state index contributed by atoms with van der Waals surface area (Å²) in [5, 5.41) is 0. The Morgan fingerprint density at radius 2 is 1.85 bits per heavy atom. The molecule has 0 unspecified atom stereocenters. The molecule has 0 saturated heterocycles. The molecule has 0 fully saturated rings. The predicted octanol–water partition coefficient (Wildman–Crippen LogP) is 4.77. The van der Waals surface area contributed by atoms with Crippen LogP contribution >= 0.6 is 0 Å². The number of fused-ring (bicyclic) bond motifs is 1. The van der Waals surface area contributed by atoms with E-state index in [1.54, 1.807) is 0 Å². The van der Waals surface area contributed by atoms with Crippen LogP contribution in [-0.2, 0) is 17.8 Å². The van der Waals surface area contributed by atoms with Gasteiger partial charge in [-0.25, -0.2) is 4.79 Å². The van der Waals surface area contributed by atoms with Gasteiger partial charge in [0.1, 0.15) is 29.3 Å². The average molecular weight is 354 g/mol. The maximum absolute atomic E-state index is 12.6. The van der Waals surface area contributed by atoms with Crippen molar-refractivity contribution in [3.63, 3.8) is 0 Å². The van der Waals surface area contributed by atoms with Gasteiger partial charge in [-0.05, 0) is 57.2 Å². The average Bonchev–Trinajstić information content (AvgIpc) is 2.63. The minimum Gasteiger partial charge on any atom is -0.488 e. The topological polar surface area (TPSA) is 44.8 Å². The molecule has 1 aliphatic rings. The molecule has 2 aromatic rings. The first-order chi connectivity index (χ1) is 12.3. The summed E-state index contributed by atoms with van der Waals surface area (Å²) in [4.78, 5) is 12.6. The van der Waals surface area contributed by atoms with E-state index in [2.05, 4.69) is 13.8 Å². The van der Waals surface area contributed by atoms with Crippen LogP contribution in [0, 0.1) is 13.8 Å². The van der Waals surface area contributed by atoms with Gasteiger partial charge in [0.15, 0.2) is 0 Å². The Labute approximate surface area is 155 Å². The van der Waals surface area contributed by atoms with Gasteiger partial charge >= 0.3 is 5.97 Å². The molecule has 0 atom stereocenters. The molecule has 0 aliphatic carbocycles. The van der Waals surface area contributed by atoms with Crippen LogP contribution in [-0.4, -0.2) is 18.7 Å². The van der Waals surface area contributed by atoms with Gasteiger partial charge in [-0.15, -0.1) is 0 Å². The van der Waals surface area contributed by atoms with Crippen molar-refractivity contribution in [1.29, 1.82) is 0 Å². The molecule has 0 saturated carbocycles. The fourth-order valence-electron chi connectivity index (χ4n) is 3.36. The largest absolute Gasteiger partial charge is 0.488 e. The number of hydrogen-bond acceptors (Lipinski definition) is 4. The van der Waals surface area contributed by atoms with Crippen molar-refractivity contribution in [2.75, 3.05) is 7.11 Å². The first-order valence-electron chi connectivity index (χ1n) is 8.94. The normalized spacial score (nSPS) is 15.0. The van der Waals surface area contributed by atoms with Crippen molar-refractivity contribution in [1.82, 2.24) is 0 Å². The summed E-state index contributed by atoms with van der Waals surface area (Å²) in [6.45, 7) is 8.53. The van der Waals surface area contributed by atoms with Gasteiger partial charge in [-0.2, -0.15) is 0 Å². The van der Waals surface area contributed by atoms with Crippen molar-refractivity contribution < 1.29 is 19.0 Å². The van der Waals surface area contributed by atoms with E-state index >= 15 is 0 Å². The smallest absolute Gasteiger partial charge is 0.342 e.